The highest BCUT2D eigenvalue weighted by atomic mass is 35.5. The number of hydrogen-bond acceptors (Lipinski definition) is 6. The molecule has 158 valence electrons. The molecule has 0 saturated heterocycles. The van der Waals surface area contributed by atoms with Crippen molar-refractivity contribution in [1.82, 2.24) is 15.0 Å². The Morgan fingerprint density at radius 2 is 1.97 bits per heavy atom. The van der Waals surface area contributed by atoms with E-state index in [4.69, 9.17) is 21.1 Å². The number of fused-ring (bicyclic) bond motifs is 2. The van der Waals surface area contributed by atoms with Gasteiger partial charge in [-0.3, -0.25) is 0 Å². The Bertz CT molecular complexity index is 1180. The summed E-state index contributed by atoms with van der Waals surface area (Å²) in [4.78, 5) is 24.6. The second-order valence-electron chi connectivity index (χ2n) is 7.84. The summed E-state index contributed by atoms with van der Waals surface area (Å²) in [7, 11) is 0. The van der Waals surface area contributed by atoms with E-state index in [0.29, 0.717) is 29.7 Å². The normalized spacial score (nSPS) is 15.2. The monoisotopic (exact) mass is 437 g/mol. The minimum Gasteiger partial charge on any atom is -0.492 e. The molecule has 0 bridgehead atoms. The smallest absolute Gasteiger partial charge is 0.323 e. The van der Waals surface area contributed by atoms with Crippen LogP contribution in [0.25, 0.3) is 0 Å². The molecule has 2 aromatic heterocycles. The van der Waals surface area contributed by atoms with Crippen LogP contribution in [0.3, 0.4) is 0 Å². The number of nitrogens with one attached hydrogen (secondary N) is 2. The van der Waals surface area contributed by atoms with Gasteiger partial charge in [0.2, 0.25) is 5.88 Å². The van der Waals surface area contributed by atoms with Crippen LogP contribution in [0.5, 0.6) is 17.4 Å². The fraction of sp³-hybridized carbons (Fsp3) is 0.273. The van der Waals surface area contributed by atoms with Crippen molar-refractivity contribution in [2.75, 3.05) is 17.2 Å². The van der Waals surface area contributed by atoms with Crippen LogP contribution in [0.15, 0.2) is 36.7 Å². The van der Waals surface area contributed by atoms with Gasteiger partial charge in [0.15, 0.2) is 5.15 Å². The average Bonchev–Trinajstić information content (AvgIpc) is 3.41. The number of pyridine rings is 1. The van der Waals surface area contributed by atoms with Gasteiger partial charge in [0, 0.05) is 17.0 Å². The zero-order valence-electron chi connectivity index (χ0n) is 17.0. The molecule has 1 spiro atoms. The molecule has 31 heavy (non-hydrogen) atoms. The van der Waals surface area contributed by atoms with Gasteiger partial charge >= 0.3 is 6.03 Å². The summed E-state index contributed by atoms with van der Waals surface area (Å²) in [5.41, 5.74) is 3.18. The minimum atomic E-state index is -0.478. The molecule has 3 heterocycles. The molecule has 2 N–H and O–H groups in total. The van der Waals surface area contributed by atoms with Gasteiger partial charge in [-0.15, -0.1) is 0 Å². The number of aryl methyl sites for hydroxylation is 2. The standard InChI is InChI=1S/C22H20ClN5O3/c1-12-3-5-16(18-19(12)30-11-22(18)7-8-22)31-17-6-4-14(9-25-17)27-21(29)28-15-10-24-13(2)26-20(15)23/h3-6,9-10H,7-8,11H2,1-2H3,(H2,27,28,29). The maximum absolute atomic E-state index is 12.2. The van der Waals surface area contributed by atoms with Gasteiger partial charge in [-0.25, -0.2) is 19.7 Å². The zero-order chi connectivity index (χ0) is 21.6. The van der Waals surface area contributed by atoms with E-state index in [1.165, 1.54) is 12.4 Å². The lowest BCUT2D eigenvalue weighted by atomic mass is 9.95. The quantitative estimate of drug-likeness (QED) is 0.557. The highest BCUT2D eigenvalue weighted by Gasteiger charge is 2.53. The molecule has 2 amide bonds. The summed E-state index contributed by atoms with van der Waals surface area (Å²) in [6.07, 6.45) is 5.21. The summed E-state index contributed by atoms with van der Waals surface area (Å²) in [5.74, 6) is 2.67. The molecule has 1 aliphatic heterocycles. The van der Waals surface area contributed by atoms with E-state index in [1.54, 1.807) is 19.1 Å². The first-order chi connectivity index (χ1) is 14.9. The molecule has 0 radical (unpaired) electrons. The van der Waals surface area contributed by atoms with E-state index in [2.05, 4.69) is 25.6 Å². The maximum atomic E-state index is 12.2. The lowest BCUT2D eigenvalue weighted by Crippen LogP contribution is -2.20. The Morgan fingerprint density at radius 3 is 2.68 bits per heavy atom. The Kier molecular flexibility index (Phi) is 4.66. The first-order valence-corrected chi connectivity index (χ1v) is 10.3. The van der Waals surface area contributed by atoms with Crippen molar-refractivity contribution in [3.8, 4) is 17.4 Å². The number of hydrogen-bond donors (Lipinski definition) is 2. The third kappa shape index (κ3) is 3.74. The van der Waals surface area contributed by atoms with Crippen molar-refractivity contribution in [2.24, 2.45) is 0 Å². The number of carbonyl (C=O) groups excluding carboxylic acids is 1. The summed E-state index contributed by atoms with van der Waals surface area (Å²) in [6.45, 7) is 4.47. The number of ether oxygens (including phenoxy) is 2. The summed E-state index contributed by atoms with van der Waals surface area (Å²) in [5, 5.41) is 5.48. The van der Waals surface area contributed by atoms with Crippen molar-refractivity contribution in [2.45, 2.75) is 32.1 Å². The van der Waals surface area contributed by atoms with Crippen LogP contribution in [0.1, 0.15) is 29.8 Å². The molecule has 1 aromatic carbocycles. The van der Waals surface area contributed by atoms with Crippen molar-refractivity contribution in [3.05, 3.63) is 58.8 Å². The molecule has 9 heteroatoms. The number of amides is 2. The van der Waals surface area contributed by atoms with Crippen LogP contribution < -0.4 is 20.1 Å². The first kappa shape index (κ1) is 19.6. The van der Waals surface area contributed by atoms with Crippen molar-refractivity contribution >= 4 is 29.0 Å². The van der Waals surface area contributed by atoms with E-state index in [9.17, 15) is 4.79 Å². The number of rotatable bonds is 4. The Hall–Kier alpha value is -3.39. The van der Waals surface area contributed by atoms with Gasteiger partial charge < -0.3 is 20.1 Å². The molecule has 1 saturated carbocycles. The number of urea groups is 1. The van der Waals surface area contributed by atoms with E-state index in [1.807, 2.05) is 19.1 Å². The Morgan fingerprint density at radius 1 is 1.13 bits per heavy atom. The van der Waals surface area contributed by atoms with E-state index < -0.39 is 6.03 Å². The highest BCUT2D eigenvalue weighted by molar-refractivity contribution is 6.32. The second-order valence-corrected chi connectivity index (χ2v) is 8.20. The molecule has 0 atom stereocenters. The second kappa shape index (κ2) is 7.39. The van der Waals surface area contributed by atoms with Crippen LogP contribution in [-0.2, 0) is 5.41 Å². The SMILES string of the molecule is Cc1ncc(NC(=O)Nc2ccc(Oc3ccc(C)c4c3C3(CC3)CO4)nc2)c(Cl)n1. The summed E-state index contributed by atoms with van der Waals surface area (Å²) < 4.78 is 12.0. The van der Waals surface area contributed by atoms with Gasteiger partial charge in [0.05, 0.1) is 30.4 Å². The van der Waals surface area contributed by atoms with Crippen molar-refractivity contribution < 1.29 is 14.3 Å². The van der Waals surface area contributed by atoms with Crippen molar-refractivity contribution in [1.29, 1.82) is 0 Å². The van der Waals surface area contributed by atoms with Gasteiger partial charge in [-0.05, 0) is 44.4 Å². The van der Waals surface area contributed by atoms with E-state index in [-0.39, 0.29) is 10.6 Å². The van der Waals surface area contributed by atoms with Crippen molar-refractivity contribution in [3.63, 3.8) is 0 Å². The maximum Gasteiger partial charge on any atom is 0.323 e. The number of carbonyl (C=O) groups is 1. The molecule has 0 unspecified atom stereocenters. The first-order valence-electron chi connectivity index (χ1n) is 9.91. The fourth-order valence-electron chi connectivity index (χ4n) is 3.71. The predicted molar refractivity (Wildman–Crippen MR) is 116 cm³/mol. The summed E-state index contributed by atoms with van der Waals surface area (Å²) in [6, 6.07) is 6.91. The lowest BCUT2D eigenvalue weighted by Gasteiger charge is -2.14. The third-order valence-corrected chi connectivity index (χ3v) is 5.80. The molecular formula is C22H20ClN5O3. The molecule has 2 aliphatic rings. The molecule has 8 nitrogen and oxygen atoms in total. The van der Waals surface area contributed by atoms with E-state index >= 15 is 0 Å². The number of halogens is 1. The molecule has 3 aromatic rings. The average molecular weight is 438 g/mol. The number of benzene rings is 1. The molecule has 1 fully saturated rings. The predicted octanol–water partition coefficient (Wildman–Crippen LogP) is 5.00. The van der Waals surface area contributed by atoms with Gasteiger partial charge in [-0.1, -0.05) is 17.7 Å². The fourth-order valence-corrected chi connectivity index (χ4v) is 3.93. The van der Waals surface area contributed by atoms with Crippen LogP contribution in [0.2, 0.25) is 5.15 Å². The minimum absolute atomic E-state index is 0.0945. The topological polar surface area (TPSA) is 98.3 Å². The van der Waals surface area contributed by atoms with Gasteiger partial charge in [0.1, 0.15) is 17.3 Å². The summed E-state index contributed by atoms with van der Waals surface area (Å²) >= 11 is 6.02. The zero-order valence-corrected chi connectivity index (χ0v) is 17.8. The number of aromatic nitrogens is 3. The van der Waals surface area contributed by atoms with Gasteiger partial charge in [0.25, 0.3) is 0 Å². The lowest BCUT2D eigenvalue weighted by molar-refractivity contribution is 0.262. The highest BCUT2D eigenvalue weighted by Crippen LogP contribution is 2.59. The van der Waals surface area contributed by atoms with Crippen LogP contribution in [-0.4, -0.2) is 27.6 Å². The van der Waals surface area contributed by atoms with Gasteiger partial charge in [-0.2, -0.15) is 0 Å². The molecule has 5 rings (SSSR count). The Balaban J connectivity index is 1.27. The molecule has 1 aliphatic carbocycles. The number of nitrogens with zero attached hydrogens (tertiary/aromatic N) is 3. The number of anilines is 2. The Labute approximate surface area is 184 Å². The van der Waals surface area contributed by atoms with E-state index in [0.717, 1.165) is 35.5 Å². The third-order valence-electron chi connectivity index (χ3n) is 5.51. The van der Waals surface area contributed by atoms with Crippen LogP contribution in [0.4, 0.5) is 16.2 Å². The molecular weight excluding hydrogens is 418 g/mol. The van der Waals surface area contributed by atoms with Crippen LogP contribution >= 0.6 is 11.6 Å². The largest absolute Gasteiger partial charge is 0.492 e. The van der Waals surface area contributed by atoms with Crippen LogP contribution in [0, 0.1) is 13.8 Å².